The number of benzene rings is 1. The zero-order chi connectivity index (χ0) is 19.4. The Hall–Kier alpha value is -2.87. The first kappa shape index (κ1) is 18.9. The highest BCUT2D eigenvalue weighted by atomic mass is 16.2. The summed E-state index contributed by atoms with van der Waals surface area (Å²) in [7, 11) is 0. The van der Waals surface area contributed by atoms with E-state index in [-0.39, 0.29) is 6.04 Å². The quantitative estimate of drug-likeness (QED) is 0.647. The summed E-state index contributed by atoms with van der Waals surface area (Å²) in [6.07, 6.45) is 5.17. The molecule has 0 bridgehead atoms. The van der Waals surface area contributed by atoms with Crippen LogP contribution in [0.25, 0.3) is 5.69 Å². The van der Waals surface area contributed by atoms with Gasteiger partial charge in [0.15, 0.2) is 11.7 Å². The zero-order valence-corrected chi connectivity index (χ0v) is 15.9. The number of aromatic nitrogens is 1. The van der Waals surface area contributed by atoms with E-state index < -0.39 is 17.6 Å². The molecule has 1 aromatic heterocycles. The van der Waals surface area contributed by atoms with Crippen LogP contribution in [0.1, 0.15) is 53.8 Å². The Bertz CT molecular complexity index is 871. The SMILES string of the molecule is Cc1cc(C(=O)C(C#N)C(=O)NC2CCCCC2)c(C)n1-c1ccccc1. The molecule has 5 nitrogen and oxygen atoms in total. The Morgan fingerprint density at radius 3 is 2.44 bits per heavy atom. The summed E-state index contributed by atoms with van der Waals surface area (Å²) in [5, 5.41) is 12.4. The van der Waals surface area contributed by atoms with Crippen LogP contribution in [0.2, 0.25) is 0 Å². The van der Waals surface area contributed by atoms with Crippen molar-refractivity contribution in [2.24, 2.45) is 5.92 Å². The number of hydrogen-bond donors (Lipinski definition) is 1. The van der Waals surface area contributed by atoms with Crippen LogP contribution in [0.4, 0.5) is 0 Å². The number of nitriles is 1. The number of nitrogens with zero attached hydrogens (tertiary/aromatic N) is 2. The fraction of sp³-hybridized carbons (Fsp3) is 0.409. The fourth-order valence-corrected chi connectivity index (χ4v) is 3.91. The van der Waals surface area contributed by atoms with E-state index in [0.29, 0.717) is 5.56 Å². The van der Waals surface area contributed by atoms with Crippen LogP contribution in [0, 0.1) is 31.1 Å². The molecule has 3 rings (SSSR count). The Balaban J connectivity index is 1.83. The minimum absolute atomic E-state index is 0.0756. The van der Waals surface area contributed by atoms with E-state index in [1.165, 1.54) is 6.42 Å². The van der Waals surface area contributed by atoms with Gasteiger partial charge in [0.25, 0.3) is 0 Å². The lowest BCUT2D eigenvalue weighted by Crippen LogP contribution is -2.42. The lowest BCUT2D eigenvalue weighted by atomic mass is 9.93. The molecule has 1 aliphatic carbocycles. The van der Waals surface area contributed by atoms with Gasteiger partial charge >= 0.3 is 0 Å². The highest BCUT2D eigenvalue weighted by Gasteiger charge is 2.31. The molecule has 5 heteroatoms. The topological polar surface area (TPSA) is 74.9 Å². The van der Waals surface area contributed by atoms with Crippen molar-refractivity contribution in [1.82, 2.24) is 9.88 Å². The highest BCUT2D eigenvalue weighted by Crippen LogP contribution is 2.24. The lowest BCUT2D eigenvalue weighted by molar-refractivity contribution is -0.123. The normalized spacial score (nSPS) is 15.7. The van der Waals surface area contributed by atoms with Crippen LogP contribution in [0.3, 0.4) is 0 Å². The van der Waals surface area contributed by atoms with Gasteiger partial charge in [0.05, 0.1) is 6.07 Å². The Morgan fingerprint density at radius 2 is 1.81 bits per heavy atom. The first-order valence-corrected chi connectivity index (χ1v) is 9.51. The van der Waals surface area contributed by atoms with Gasteiger partial charge in [-0.2, -0.15) is 5.26 Å². The molecule has 0 radical (unpaired) electrons. The molecule has 0 aliphatic heterocycles. The molecular weight excluding hydrogens is 338 g/mol. The van der Waals surface area contributed by atoms with Crippen LogP contribution in [-0.2, 0) is 4.79 Å². The highest BCUT2D eigenvalue weighted by molar-refractivity contribution is 6.12. The van der Waals surface area contributed by atoms with Crippen LogP contribution in [-0.4, -0.2) is 22.3 Å². The summed E-state index contributed by atoms with van der Waals surface area (Å²) in [6.45, 7) is 3.76. The molecule has 1 saturated carbocycles. The predicted octanol–water partition coefficient (Wildman–Crippen LogP) is 3.87. The van der Waals surface area contributed by atoms with Gasteiger partial charge in [-0.3, -0.25) is 9.59 Å². The zero-order valence-electron chi connectivity index (χ0n) is 15.9. The molecule has 2 aromatic rings. The number of hydrogen-bond acceptors (Lipinski definition) is 3. The first-order valence-electron chi connectivity index (χ1n) is 9.51. The summed E-state index contributed by atoms with van der Waals surface area (Å²) >= 11 is 0. The van der Waals surface area contributed by atoms with Crippen molar-refractivity contribution < 1.29 is 9.59 Å². The molecule has 1 fully saturated rings. The molecule has 1 unspecified atom stereocenters. The minimum atomic E-state index is -1.31. The third-order valence-corrected chi connectivity index (χ3v) is 5.32. The summed E-state index contributed by atoms with van der Waals surface area (Å²) in [4.78, 5) is 25.5. The van der Waals surface area contributed by atoms with Gasteiger partial charge in [-0.1, -0.05) is 37.5 Å². The standard InChI is InChI=1S/C22H25N3O2/c1-15-13-19(16(2)25(15)18-11-7-4-8-12-18)21(26)20(14-23)22(27)24-17-9-5-3-6-10-17/h4,7-8,11-13,17,20H,3,5-6,9-10H2,1-2H3,(H,24,27). The van der Waals surface area contributed by atoms with Crippen molar-refractivity contribution in [2.45, 2.75) is 52.0 Å². The number of amides is 1. The molecule has 1 atom stereocenters. The maximum atomic E-state index is 13.0. The molecule has 1 N–H and O–H groups in total. The Labute approximate surface area is 160 Å². The van der Waals surface area contributed by atoms with Crippen molar-refractivity contribution in [1.29, 1.82) is 5.26 Å². The van der Waals surface area contributed by atoms with E-state index in [2.05, 4.69) is 5.32 Å². The Kier molecular flexibility index (Phi) is 5.75. The molecule has 0 saturated heterocycles. The van der Waals surface area contributed by atoms with Gasteiger partial charge in [0.1, 0.15) is 0 Å². The van der Waals surface area contributed by atoms with Crippen LogP contribution in [0.15, 0.2) is 36.4 Å². The molecule has 140 valence electrons. The molecular formula is C22H25N3O2. The van der Waals surface area contributed by atoms with Gasteiger partial charge in [-0.25, -0.2) is 0 Å². The maximum absolute atomic E-state index is 13.0. The van der Waals surface area contributed by atoms with Crippen molar-refractivity contribution in [2.75, 3.05) is 0 Å². The van der Waals surface area contributed by atoms with Gasteiger partial charge in [-0.05, 0) is 44.9 Å². The molecule has 1 aliphatic rings. The monoisotopic (exact) mass is 363 g/mol. The first-order chi connectivity index (χ1) is 13.0. The second-order valence-electron chi connectivity index (χ2n) is 7.23. The summed E-state index contributed by atoms with van der Waals surface area (Å²) in [6, 6.07) is 13.5. The molecule has 0 spiro atoms. The number of Topliss-reactive ketones (excluding diaryl/α,β-unsaturated/α-hetero) is 1. The summed E-state index contributed by atoms with van der Waals surface area (Å²) in [5.41, 5.74) is 3.02. The van der Waals surface area contributed by atoms with E-state index in [1.54, 1.807) is 6.07 Å². The van der Waals surface area contributed by atoms with Crippen LogP contribution < -0.4 is 5.32 Å². The van der Waals surface area contributed by atoms with Crippen molar-refractivity contribution in [3.8, 4) is 11.8 Å². The van der Waals surface area contributed by atoms with Gasteiger partial charge in [0.2, 0.25) is 5.91 Å². The third kappa shape index (κ3) is 3.95. The maximum Gasteiger partial charge on any atom is 0.245 e. The number of carbonyl (C=O) groups excluding carboxylic acids is 2. The van der Waals surface area contributed by atoms with E-state index in [9.17, 15) is 14.9 Å². The smallest absolute Gasteiger partial charge is 0.245 e. The van der Waals surface area contributed by atoms with Gasteiger partial charge < -0.3 is 9.88 Å². The van der Waals surface area contributed by atoms with Crippen LogP contribution >= 0.6 is 0 Å². The van der Waals surface area contributed by atoms with Crippen molar-refractivity contribution in [3.05, 3.63) is 53.3 Å². The van der Waals surface area contributed by atoms with Gasteiger partial charge in [0, 0.05) is 28.7 Å². The summed E-state index contributed by atoms with van der Waals surface area (Å²) in [5.74, 6) is -2.21. The van der Waals surface area contributed by atoms with E-state index in [1.807, 2.05) is 54.8 Å². The number of ketones is 1. The van der Waals surface area contributed by atoms with E-state index in [0.717, 1.165) is 42.8 Å². The second kappa shape index (κ2) is 8.22. The summed E-state index contributed by atoms with van der Waals surface area (Å²) < 4.78 is 1.97. The number of para-hydroxylation sites is 1. The van der Waals surface area contributed by atoms with E-state index in [4.69, 9.17) is 0 Å². The third-order valence-electron chi connectivity index (χ3n) is 5.32. The van der Waals surface area contributed by atoms with Crippen LogP contribution in [0.5, 0.6) is 0 Å². The fourth-order valence-electron chi connectivity index (χ4n) is 3.91. The number of aryl methyl sites for hydroxylation is 1. The Morgan fingerprint density at radius 1 is 1.15 bits per heavy atom. The van der Waals surface area contributed by atoms with Gasteiger partial charge in [-0.15, -0.1) is 0 Å². The van der Waals surface area contributed by atoms with Crippen molar-refractivity contribution in [3.63, 3.8) is 0 Å². The second-order valence-corrected chi connectivity index (χ2v) is 7.23. The molecule has 27 heavy (non-hydrogen) atoms. The molecule has 1 amide bonds. The minimum Gasteiger partial charge on any atom is -0.352 e. The number of rotatable bonds is 5. The average Bonchev–Trinajstić information content (AvgIpc) is 2.98. The number of nitrogens with one attached hydrogen (secondary N) is 1. The largest absolute Gasteiger partial charge is 0.352 e. The lowest BCUT2D eigenvalue weighted by Gasteiger charge is -2.23. The molecule has 1 aromatic carbocycles. The number of carbonyl (C=O) groups is 2. The average molecular weight is 363 g/mol. The molecule has 1 heterocycles. The predicted molar refractivity (Wildman–Crippen MR) is 104 cm³/mol. The van der Waals surface area contributed by atoms with Crippen molar-refractivity contribution >= 4 is 11.7 Å². The van der Waals surface area contributed by atoms with E-state index >= 15 is 0 Å².